The fourth-order valence-corrected chi connectivity index (χ4v) is 5.44. The third kappa shape index (κ3) is 9.14. The fourth-order valence-electron chi connectivity index (χ4n) is 5.44. The second kappa shape index (κ2) is 15.0. The third-order valence-corrected chi connectivity index (χ3v) is 7.64. The molecular weight excluding hydrogens is 566 g/mol. The number of nitrogens with two attached hydrogens (primary N) is 1. The zero-order valence-corrected chi connectivity index (χ0v) is 26.2. The van der Waals surface area contributed by atoms with Gasteiger partial charge in [-0.05, 0) is 63.2 Å². The van der Waals surface area contributed by atoms with Crippen LogP contribution in [0.3, 0.4) is 0 Å². The minimum atomic E-state index is -1.28. The Morgan fingerprint density at radius 3 is 2.34 bits per heavy atom. The van der Waals surface area contributed by atoms with Gasteiger partial charge in [-0.25, -0.2) is 0 Å². The van der Waals surface area contributed by atoms with Crippen molar-refractivity contribution in [3.63, 3.8) is 0 Å². The van der Waals surface area contributed by atoms with Crippen LogP contribution in [0.25, 0.3) is 5.57 Å². The normalized spacial score (nSPS) is 17.9. The lowest BCUT2D eigenvalue weighted by atomic mass is 9.98. The Morgan fingerprint density at radius 1 is 1.00 bits per heavy atom. The molecule has 1 saturated heterocycles. The maximum absolute atomic E-state index is 14.1. The summed E-state index contributed by atoms with van der Waals surface area (Å²) in [6.07, 6.45) is 3.70. The van der Waals surface area contributed by atoms with Crippen LogP contribution in [0.4, 0.5) is 0 Å². The lowest BCUT2D eigenvalue weighted by Crippen LogP contribution is -2.58. The molecule has 44 heavy (non-hydrogen) atoms. The first-order valence-corrected chi connectivity index (χ1v) is 15.2. The van der Waals surface area contributed by atoms with E-state index in [1.54, 1.807) is 34.6 Å². The molecule has 1 aliphatic carbocycles. The zero-order valence-electron chi connectivity index (χ0n) is 26.2. The van der Waals surface area contributed by atoms with Crippen LogP contribution in [-0.2, 0) is 39.9 Å². The van der Waals surface area contributed by atoms with Gasteiger partial charge in [0.25, 0.3) is 0 Å². The van der Waals surface area contributed by atoms with Gasteiger partial charge in [0.1, 0.15) is 29.8 Å². The lowest BCUT2D eigenvalue weighted by Gasteiger charge is -2.31. The number of fused-ring (bicyclic) bond motifs is 1. The number of nitrogens with one attached hydrogen (secondary N) is 3. The second-order valence-electron chi connectivity index (χ2n) is 12.2. The van der Waals surface area contributed by atoms with Gasteiger partial charge in [0.15, 0.2) is 0 Å². The van der Waals surface area contributed by atoms with Gasteiger partial charge in [0.05, 0.1) is 6.42 Å². The Labute approximate surface area is 258 Å². The molecule has 1 aromatic carbocycles. The van der Waals surface area contributed by atoms with Crippen LogP contribution in [0.5, 0.6) is 0 Å². The topological polar surface area (TPSA) is 177 Å². The molecule has 2 aliphatic rings. The number of hydrogen-bond acceptors (Lipinski definition) is 7. The summed E-state index contributed by atoms with van der Waals surface area (Å²) in [5.74, 6) is -3.48. The summed E-state index contributed by atoms with van der Waals surface area (Å²) in [7, 11) is 0. The Morgan fingerprint density at radius 2 is 1.70 bits per heavy atom. The van der Waals surface area contributed by atoms with Crippen molar-refractivity contribution in [3.05, 3.63) is 41.5 Å². The van der Waals surface area contributed by atoms with Crippen LogP contribution in [0.15, 0.2) is 30.3 Å². The van der Waals surface area contributed by atoms with E-state index in [4.69, 9.17) is 10.5 Å². The van der Waals surface area contributed by atoms with Crippen LogP contribution in [0.2, 0.25) is 0 Å². The number of carbonyl (C=O) groups is 6. The second-order valence-corrected chi connectivity index (χ2v) is 12.2. The highest BCUT2D eigenvalue weighted by molar-refractivity contribution is 5.97. The van der Waals surface area contributed by atoms with Crippen LogP contribution in [-0.4, -0.2) is 76.7 Å². The molecule has 12 nitrogen and oxygen atoms in total. The van der Waals surface area contributed by atoms with Gasteiger partial charge in [-0.1, -0.05) is 44.2 Å². The van der Waals surface area contributed by atoms with E-state index < -0.39 is 71.7 Å². The average molecular weight is 612 g/mol. The number of nitrogens with zero attached hydrogens (tertiary/aromatic N) is 1. The number of hydrogen-bond donors (Lipinski definition) is 4. The summed E-state index contributed by atoms with van der Waals surface area (Å²) >= 11 is 0. The van der Waals surface area contributed by atoms with E-state index in [2.05, 4.69) is 16.0 Å². The molecule has 0 unspecified atom stereocenters. The number of esters is 1. The maximum atomic E-state index is 14.1. The molecule has 5 amide bonds. The summed E-state index contributed by atoms with van der Waals surface area (Å²) in [5, 5.41) is 7.99. The molecule has 3 rings (SSSR count). The van der Waals surface area contributed by atoms with Gasteiger partial charge >= 0.3 is 5.97 Å². The van der Waals surface area contributed by atoms with Crippen molar-refractivity contribution in [1.29, 1.82) is 0 Å². The fraction of sp³-hybridized carbons (Fsp3) is 0.562. The minimum Gasteiger partial charge on any atom is -0.460 e. The van der Waals surface area contributed by atoms with Gasteiger partial charge in [-0.3, -0.25) is 28.8 Å². The quantitative estimate of drug-likeness (QED) is 0.244. The molecule has 1 heterocycles. The molecule has 0 saturated carbocycles. The first-order valence-electron chi connectivity index (χ1n) is 15.2. The van der Waals surface area contributed by atoms with Crippen molar-refractivity contribution in [2.75, 3.05) is 6.54 Å². The summed E-state index contributed by atoms with van der Waals surface area (Å²) in [4.78, 5) is 79.1. The Hall–Kier alpha value is -4.22. The number of carbonyl (C=O) groups excluding carboxylic acids is 6. The van der Waals surface area contributed by atoms with Crippen molar-refractivity contribution in [3.8, 4) is 0 Å². The molecule has 0 radical (unpaired) electrons. The van der Waals surface area contributed by atoms with E-state index in [0.717, 1.165) is 16.7 Å². The largest absolute Gasteiger partial charge is 0.460 e. The summed E-state index contributed by atoms with van der Waals surface area (Å²) in [6, 6.07) is 3.67. The maximum Gasteiger partial charge on any atom is 0.308 e. The highest BCUT2D eigenvalue weighted by atomic mass is 16.6. The first kappa shape index (κ1) is 34.3. The zero-order chi connectivity index (χ0) is 32.6. The summed E-state index contributed by atoms with van der Waals surface area (Å²) in [6.45, 7) is 8.70. The van der Waals surface area contributed by atoms with Crippen molar-refractivity contribution >= 4 is 41.1 Å². The predicted octanol–water partition coefficient (Wildman–Crippen LogP) is 1.50. The SMILES string of the molecule is CCC(=O)N[C@@H](CC(=O)OC(C)(C)C)C(=O)N[C@H](CC1=CCc2ccccc21)C(=O)N1CCC[C@H]1C(=O)N[C@@H](CC)C(N)=O. The van der Waals surface area contributed by atoms with Crippen molar-refractivity contribution < 1.29 is 33.5 Å². The van der Waals surface area contributed by atoms with E-state index in [0.29, 0.717) is 25.7 Å². The van der Waals surface area contributed by atoms with E-state index in [-0.39, 0.29) is 19.4 Å². The predicted molar refractivity (Wildman–Crippen MR) is 164 cm³/mol. The summed E-state index contributed by atoms with van der Waals surface area (Å²) < 4.78 is 5.38. The molecule has 5 N–H and O–H groups in total. The molecular formula is C32H45N5O7. The van der Waals surface area contributed by atoms with Crippen LogP contribution in [0, 0.1) is 0 Å². The number of rotatable bonds is 13. The number of amides is 5. The van der Waals surface area contributed by atoms with Crippen LogP contribution < -0.4 is 21.7 Å². The Bertz CT molecular complexity index is 1300. The molecule has 240 valence electrons. The van der Waals surface area contributed by atoms with Gasteiger partial charge in [-0.15, -0.1) is 0 Å². The number of ether oxygens (including phenoxy) is 1. The number of benzene rings is 1. The average Bonchev–Trinajstić information content (AvgIpc) is 3.61. The monoisotopic (exact) mass is 611 g/mol. The van der Waals surface area contributed by atoms with Gasteiger partial charge in [-0.2, -0.15) is 0 Å². The van der Waals surface area contributed by atoms with E-state index in [9.17, 15) is 28.8 Å². The minimum absolute atomic E-state index is 0.0821. The molecule has 4 atom stereocenters. The summed E-state index contributed by atoms with van der Waals surface area (Å²) in [5.41, 5.74) is 7.53. The number of primary amides is 1. The molecule has 0 spiro atoms. The van der Waals surface area contributed by atoms with E-state index >= 15 is 0 Å². The standard InChI is InChI=1S/C32H45N5O7/c1-6-22(28(33)40)35-30(42)25-13-10-16-37(25)31(43)24(17-20-15-14-19-11-8-9-12-21(19)20)36-29(41)23(34-26(38)7-2)18-27(39)44-32(3,4)5/h8-9,11-12,15,22-25H,6-7,10,13-14,16-18H2,1-5H3,(H2,33,40)(H,34,38)(H,35,42)(H,36,41)/t22-,23-,24+,25-/m0/s1. The molecule has 0 aromatic heterocycles. The highest BCUT2D eigenvalue weighted by Gasteiger charge is 2.40. The smallest absolute Gasteiger partial charge is 0.308 e. The molecule has 1 fully saturated rings. The van der Waals surface area contributed by atoms with E-state index in [1.807, 2.05) is 30.3 Å². The first-order chi connectivity index (χ1) is 20.7. The van der Waals surface area contributed by atoms with Gasteiger partial charge < -0.3 is 31.3 Å². The van der Waals surface area contributed by atoms with Crippen molar-refractivity contribution in [2.24, 2.45) is 5.73 Å². The van der Waals surface area contributed by atoms with E-state index in [1.165, 1.54) is 4.90 Å². The molecule has 12 heteroatoms. The van der Waals surface area contributed by atoms with Gasteiger partial charge in [0.2, 0.25) is 29.5 Å². The van der Waals surface area contributed by atoms with Crippen molar-refractivity contribution in [1.82, 2.24) is 20.9 Å². The third-order valence-electron chi connectivity index (χ3n) is 7.64. The number of allylic oxidation sites excluding steroid dienone is 1. The Kier molecular flexibility index (Phi) is 11.7. The molecule has 0 bridgehead atoms. The Balaban J connectivity index is 1.88. The van der Waals surface area contributed by atoms with Crippen LogP contribution in [0.1, 0.15) is 84.3 Å². The lowest BCUT2D eigenvalue weighted by molar-refractivity contribution is -0.156. The highest BCUT2D eigenvalue weighted by Crippen LogP contribution is 2.31. The molecule has 1 aromatic rings. The molecule has 1 aliphatic heterocycles. The number of likely N-dealkylation sites (tertiary alicyclic amines) is 1. The van der Waals surface area contributed by atoms with Crippen molar-refractivity contribution in [2.45, 2.75) is 109 Å². The van der Waals surface area contributed by atoms with Crippen LogP contribution >= 0.6 is 0 Å². The van der Waals surface area contributed by atoms with Gasteiger partial charge in [0, 0.05) is 19.4 Å².